The summed E-state index contributed by atoms with van der Waals surface area (Å²) in [4.78, 5) is 16.2. The van der Waals surface area contributed by atoms with Gasteiger partial charge in [0.15, 0.2) is 5.76 Å². The number of nitrogens with zero attached hydrogens (tertiary/aromatic N) is 4. The Bertz CT molecular complexity index is 676. The molecule has 0 spiro atoms. The van der Waals surface area contributed by atoms with Gasteiger partial charge in [-0.3, -0.25) is 14.8 Å². The van der Waals surface area contributed by atoms with Crippen LogP contribution in [0.4, 0.5) is 0 Å². The van der Waals surface area contributed by atoms with Crippen molar-refractivity contribution in [3.63, 3.8) is 0 Å². The molecule has 0 radical (unpaired) electrons. The Morgan fingerprint density at radius 1 is 1.52 bits per heavy atom. The van der Waals surface area contributed by atoms with Crippen LogP contribution in [0.1, 0.15) is 46.3 Å². The number of rotatable bonds is 4. The van der Waals surface area contributed by atoms with Crippen LogP contribution in [0.15, 0.2) is 16.8 Å². The summed E-state index contributed by atoms with van der Waals surface area (Å²) in [6.07, 6.45) is 3.78. The Morgan fingerprint density at radius 2 is 2.35 bits per heavy atom. The fraction of sp³-hybridized carbons (Fsp3) is 0.562. The van der Waals surface area contributed by atoms with Crippen LogP contribution < -0.4 is 0 Å². The Morgan fingerprint density at radius 3 is 3.04 bits per heavy atom. The monoisotopic (exact) mass is 317 g/mol. The third-order valence-corrected chi connectivity index (χ3v) is 4.28. The Kier molecular flexibility index (Phi) is 4.47. The third-order valence-electron chi connectivity index (χ3n) is 4.28. The van der Waals surface area contributed by atoms with E-state index in [1.807, 2.05) is 13.0 Å². The number of piperidine rings is 1. The van der Waals surface area contributed by atoms with E-state index in [4.69, 9.17) is 4.52 Å². The van der Waals surface area contributed by atoms with E-state index in [-0.39, 0.29) is 11.8 Å². The molecule has 1 amide bonds. The highest BCUT2D eigenvalue weighted by Gasteiger charge is 2.27. The lowest BCUT2D eigenvalue weighted by Crippen LogP contribution is -2.35. The Hall–Kier alpha value is -2.15. The third kappa shape index (κ3) is 3.44. The molecule has 0 aliphatic carbocycles. The van der Waals surface area contributed by atoms with Crippen LogP contribution in [-0.4, -0.2) is 58.2 Å². The van der Waals surface area contributed by atoms with Gasteiger partial charge in [-0.15, -0.1) is 0 Å². The first-order valence-electron chi connectivity index (χ1n) is 7.94. The summed E-state index contributed by atoms with van der Waals surface area (Å²) in [5.74, 6) is 1.17. The molecule has 1 aliphatic rings. The van der Waals surface area contributed by atoms with Crippen molar-refractivity contribution in [3.05, 3.63) is 35.0 Å². The van der Waals surface area contributed by atoms with Crippen LogP contribution in [0.2, 0.25) is 0 Å². The average molecular weight is 317 g/mol. The first kappa shape index (κ1) is 15.7. The minimum atomic E-state index is -0.00303. The lowest BCUT2D eigenvalue weighted by atomic mass is 9.92. The number of hydrogen-bond donors (Lipinski definition) is 1. The van der Waals surface area contributed by atoms with E-state index in [1.165, 1.54) is 0 Å². The van der Waals surface area contributed by atoms with E-state index in [1.54, 1.807) is 25.2 Å². The van der Waals surface area contributed by atoms with Gasteiger partial charge in [0.1, 0.15) is 0 Å². The lowest BCUT2D eigenvalue weighted by molar-refractivity contribution is 0.0824. The molecule has 2 aromatic rings. The summed E-state index contributed by atoms with van der Waals surface area (Å²) in [6, 6.07) is 1.97. The van der Waals surface area contributed by atoms with E-state index < -0.39 is 0 Å². The number of carbonyl (C=O) groups is 1. The molecule has 124 valence electrons. The van der Waals surface area contributed by atoms with Crippen molar-refractivity contribution in [1.82, 2.24) is 25.2 Å². The lowest BCUT2D eigenvalue weighted by Gasteiger charge is -2.31. The first-order chi connectivity index (χ1) is 11.0. The number of amides is 1. The second-order valence-corrected chi connectivity index (χ2v) is 6.41. The van der Waals surface area contributed by atoms with Gasteiger partial charge in [-0.25, -0.2) is 0 Å². The number of hydrogen-bond acceptors (Lipinski definition) is 5. The molecule has 1 unspecified atom stereocenters. The van der Waals surface area contributed by atoms with Crippen molar-refractivity contribution in [2.24, 2.45) is 0 Å². The van der Waals surface area contributed by atoms with Crippen molar-refractivity contribution in [3.8, 4) is 0 Å². The zero-order chi connectivity index (χ0) is 16.4. The maximum atomic E-state index is 12.3. The predicted octanol–water partition coefficient (Wildman–Crippen LogP) is 1.79. The molecule has 0 aromatic carbocycles. The summed E-state index contributed by atoms with van der Waals surface area (Å²) in [6.45, 7) is 4.59. The maximum absolute atomic E-state index is 12.3. The predicted molar refractivity (Wildman–Crippen MR) is 85.1 cm³/mol. The average Bonchev–Trinajstić information content (AvgIpc) is 3.16. The van der Waals surface area contributed by atoms with Crippen LogP contribution in [0.25, 0.3) is 0 Å². The highest BCUT2D eigenvalue weighted by molar-refractivity contribution is 5.94. The Balaban J connectivity index is 1.71. The number of nitrogens with one attached hydrogen (secondary N) is 1. The van der Waals surface area contributed by atoms with Crippen molar-refractivity contribution in [2.75, 3.05) is 27.2 Å². The van der Waals surface area contributed by atoms with Gasteiger partial charge in [0, 0.05) is 32.6 Å². The number of H-pyrrole nitrogens is 1. The maximum Gasteiger partial charge on any atom is 0.256 e. The second-order valence-electron chi connectivity index (χ2n) is 6.41. The number of carbonyl (C=O) groups excluding carboxylic acids is 1. The molecule has 1 aliphatic heterocycles. The summed E-state index contributed by atoms with van der Waals surface area (Å²) >= 11 is 0. The number of aromatic nitrogens is 3. The summed E-state index contributed by atoms with van der Waals surface area (Å²) < 4.78 is 5.31. The molecule has 3 heterocycles. The van der Waals surface area contributed by atoms with Crippen LogP contribution in [0, 0.1) is 6.92 Å². The molecule has 1 atom stereocenters. The van der Waals surface area contributed by atoms with Gasteiger partial charge in [0.05, 0.1) is 29.7 Å². The molecule has 3 rings (SSSR count). The topological polar surface area (TPSA) is 78.3 Å². The van der Waals surface area contributed by atoms with Crippen molar-refractivity contribution in [1.29, 1.82) is 0 Å². The van der Waals surface area contributed by atoms with Crippen LogP contribution in [0.3, 0.4) is 0 Å². The minimum Gasteiger partial charge on any atom is -0.360 e. The zero-order valence-electron chi connectivity index (χ0n) is 13.9. The van der Waals surface area contributed by atoms with E-state index >= 15 is 0 Å². The van der Waals surface area contributed by atoms with Gasteiger partial charge in [0.2, 0.25) is 0 Å². The number of aryl methyl sites for hydroxylation is 1. The normalized spacial score (nSPS) is 19.0. The Labute approximate surface area is 135 Å². The fourth-order valence-electron chi connectivity index (χ4n) is 3.16. The first-order valence-corrected chi connectivity index (χ1v) is 7.94. The van der Waals surface area contributed by atoms with Crippen molar-refractivity contribution in [2.45, 2.75) is 32.2 Å². The standard InChI is InChI=1S/C16H23N5O2/c1-11-7-13(23-19-11)10-21-6-4-5-12(9-21)15-14(8-17-18-15)16(22)20(2)3/h7-8,12H,4-6,9-10H2,1-3H3,(H,17,18). The fourth-order valence-corrected chi connectivity index (χ4v) is 3.16. The second kappa shape index (κ2) is 6.54. The van der Waals surface area contributed by atoms with Crippen molar-refractivity contribution >= 4 is 5.91 Å². The number of aromatic amines is 1. The highest BCUT2D eigenvalue weighted by Crippen LogP contribution is 2.29. The van der Waals surface area contributed by atoms with Gasteiger partial charge in [-0.1, -0.05) is 5.16 Å². The van der Waals surface area contributed by atoms with Crippen LogP contribution >= 0.6 is 0 Å². The summed E-state index contributed by atoms with van der Waals surface area (Å²) in [7, 11) is 3.52. The van der Waals surface area contributed by atoms with Gasteiger partial charge >= 0.3 is 0 Å². The van der Waals surface area contributed by atoms with E-state index in [9.17, 15) is 4.79 Å². The molecule has 0 saturated carbocycles. The SMILES string of the molecule is Cc1cc(CN2CCCC(c3[nH]ncc3C(=O)N(C)C)C2)on1. The van der Waals surface area contributed by atoms with Gasteiger partial charge in [-0.05, 0) is 26.3 Å². The van der Waals surface area contributed by atoms with E-state index in [2.05, 4.69) is 20.3 Å². The van der Waals surface area contributed by atoms with E-state index in [0.717, 1.165) is 49.6 Å². The quantitative estimate of drug-likeness (QED) is 0.930. The molecule has 1 fully saturated rings. The number of likely N-dealkylation sites (tertiary alicyclic amines) is 1. The molecule has 7 nitrogen and oxygen atoms in total. The molecule has 1 N–H and O–H groups in total. The van der Waals surface area contributed by atoms with Crippen molar-refractivity contribution < 1.29 is 9.32 Å². The largest absolute Gasteiger partial charge is 0.360 e. The smallest absolute Gasteiger partial charge is 0.256 e. The molecule has 0 bridgehead atoms. The van der Waals surface area contributed by atoms with Gasteiger partial charge < -0.3 is 9.42 Å². The molecular weight excluding hydrogens is 294 g/mol. The molecular formula is C16H23N5O2. The molecule has 1 saturated heterocycles. The highest BCUT2D eigenvalue weighted by atomic mass is 16.5. The van der Waals surface area contributed by atoms with E-state index in [0.29, 0.717) is 5.56 Å². The molecule has 23 heavy (non-hydrogen) atoms. The van der Waals surface area contributed by atoms with Gasteiger partial charge in [-0.2, -0.15) is 5.10 Å². The molecule has 7 heteroatoms. The summed E-state index contributed by atoms with van der Waals surface area (Å²) in [5.41, 5.74) is 2.53. The minimum absolute atomic E-state index is 0.00303. The van der Waals surface area contributed by atoms with Crippen LogP contribution in [-0.2, 0) is 6.54 Å². The van der Waals surface area contributed by atoms with Gasteiger partial charge in [0.25, 0.3) is 5.91 Å². The molecule has 2 aromatic heterocycles. The zero-order valence-corrected chi connectivity index (χ0v) is 13.9. The van der Waals surface area contributed by atoms with Crippen LogP contribution in [0.5, 0.6) is 0 Å². The summed E-state index contributed by atoms with van der Waals surface area (Å²) in [5, 5.41) is 11.1.